The number of methoxy groups -OCH3 is 3. The summed E-state index contributed by atoms with van der Waals surface area (Å²) in [5.41, 5.74) is 2.83. The molecule has 2 aromatic heterocycles. The number of aromatic nitrogens is 3. The Balaban J connectivity index is 1.74. The molecule has 0 fully saturated rings. The summed E-state index contributed by atoms with van der Waals surface area (Å²) in [6.07, 6.45) is 2.97. The summed E-state index contributed by atoms with van der Waals surface area (Å²) in [6.45, 7) is 0.0832. The van der Waals surface area contributed by atoms with Crippen LogP contribution in [-0.2, 0) is 11.3 Å². The van der Waals surface area contributed by atoms with Gasteiger partial charge >= 0.3 is 6.09 Å². The van der Waals surface area contributed by atoms with E-state index in [0.29, 0.717) is 28.6 Å². The van der Waals surface area contributed by atoms with E-state index < -0.39 is 6.09 Å². The minimum absolute atomic E-state index is 0.0832. The van der Waals surface area contributed by atoms with Gasteiger partial charge in [-0.3, -0.25) is 0 Å². The van der Waals surface area contributed by atoms with Gasteiger partial charge in [-0.2, -0.15) is 4.98 Å². The average molecular weight is 432 g/mol. The maximum absolute atomic E-state index is 13.3. The lowest BCUT2D eigenvalue weighted by Crippen LogP contribution is -2.29. The Kier molecular flexibility index (Phi) is 4.78. The van der Waals surface area contributed by atoms with E-state index in [-0.39, 0.29) is 12.6 Å². The average Bonchev–Trinajstić information content (AvgIpc) is 3.25. The van der Waals surface area contributed by atoms with Crippen LogP contribution < -0.4 is 19.1 Å². The Labute approximate surface area is 183 Å². The van der Waals surface area contributed by atoms with Gasteiger partial charge < -0.3 is 23.5 Å². The Bertz CT molecular complexity index is 1310. The van der Waals surface area contributed by atoms with Gasteiger partial charge in [0.1, 0.15) is 12.3 Å². The molecule has 3 heterocycles. The number of benzene rings is 2. The van der Waals surface area contributed by atoms with E-state index in [1.165, 1.54) is 26.2 Å². The number of cyclic esters (lactones) is 1. The summed E-state index contributed by atoms with van der Waals surface area (Å²) in [5.74, 6) is 1.35. The first-order chi connectivity index (χ1) is 15.6. The fourth-order valence-corrected chi connectivity index (χ4v) is 3.78. The maximum Gasteiger partial charge on any atom is 0.421 e. The molecule has 9 heteroatoms. The molecule has 0 unspecified atom stereocenters. The molecule has 0 saturated carbocycles. The lowest BCUT2D eigenvalue weighted by atomic mass is 10.2. The molecular weight excluding hydrogens is 412 g/mol. The first-order valence-corrected chi connectivity index (χ1v) is 9.84. The molecule has 4 aromatic rings. The molecule has 0 atom stereocenters. The normalized spacial score (nSPS) is 13.0. The van der Waals surface area contributed by atoms with E-state index in [4.69, 9.17) is 23.9 Å². The predicted octanol–water partition coefficient (Wildman–Crippen LogP) is 4.23. The summed E-state index contributed by atoms with van der Waals surface area (Å²) >= 11 is 0. The van der Waals surface area contributed by atoms with Crippen molar-refractivity contribution < 1.29 is 23.7 Å². The number of carbonyl (C=O) groups excluding carboxylic acids is 1. The molecule has 1 amide bonds. The second kappa shape index (κ2) is 7.77. The number of amides is 1. The molecule has 0 aliphatic carbocycles. The van der Waals surface area contributed by atoms with Crippen molar-refractivity contribution in [3.8, 4) is 22.9 Å². The SMILES string of the molecule is COc1cc(N2C(=O)OCc3ccccc3-n3ccc4cnc2nc43)cc(OC)c1OC. The van der Waals surface area contributed by atoms with E-state index in [9.17, 15) is 4.79 Å². The highest BCUT2D eigenvalue weighted by Crippen LogP contribution is 2.42. The minimum Gasteiger partial charge on any atom is -0.493 e. The fraction of sp³-hybridized carbons (Fsp3) is 0.174. The zero-order valence-corrected chi connectivity index (χ0v) is 17.7. The number of nitrogens with zero attached hydrogens (tertiary/aromatic N) is 4. The van der Waals surface area contributed by atoms with Crippen molar-refractivity contribution in [2.75, 3.05) is 26.2 Å². The second-order valence-electron chi connectivity index (χ2n) is 7.04. The first-order valence-electron chi connectivity index (χ1n) is 9.84. The first kappa shape index (κ1) is 19.7. The van der Waals surface area contributed by atoms with E-state index in [0.717, 1.165) is 16.6 Å². The molecule has 9 nitrogen and oxygen atoms in total. The minimum atomic E-state index is -0.631. The highest BCUT2D eigenvalue weighted by Gasteiger charge is 2.28. The highest BCUT2D eigenvalue weighted by atomic mass is 16.6. The van der Waals surface area contributed by atoms with Gasteiger partial charge in [0.25, 0.3) is 0 Å². The standard InChI is InChI=1S/C23H20N4O5/c1-29-18-10-16(11-19(30-2)20(18)31-3)27-22-24-12-14-8-9-26(21(14)25-22)17-7-5-4-6-15(17)13-32-23(27)28/h4-12H,13H2,1-3H3. The van der Waals surface area contributed by atoms with Crippen LogP contribution in [0.15, 0.2) is 54.9 Å². The number of hydrogen-bond donors (Lipinski definition) is 0. The highest BCUT2D eigenvalue weighted by molar-refractivity contribution is 5.96. The van der Waals surface area contributed by atoms with Crippen molar-refractivity contribution in [1.29, 1.82) is 0 Å². The molecule has 2 aromatic carbocycles. The molecular formula is C23H20N4O5. The van der Waals surface area contributed by atoms with Gasteiger partial charge in [0.05, 0.1) is 32.7 Å². The molecule has 5 rings (SSSR count). The van der Waals surface area contributed by atoms with Gasteiger partial charge in [-0.15, -0.1) is 0 Å². The topological polar surface area (TPSA) is 87.9 Å². The number of fused-ring (bicyclic) bond motifs is 3. The van der Waals surface area contributed by atoms with Gasteiger partial charge in [-0.05, 0) is 12.1 Å². The third kappa shape index (κ3) is 3.06. The summed E-state index contributed by atoms with van der Waals surface area (Å²) in [4.78, 5) is 23.7. The number of ether oxygens (including phenoxy) is 4. The Morgan fingerprint density at radius 3 is 2.47 bits per heavy atom. The van der Waals surface area contributed by atoms with Crippen LogP contribution in [0.25, 0.3) is 16.7 Å². The molecule has 162 valence electrons. The zero-order valence-electron chi connectivity index (χ0n) is 17.7. The molecule has 0 saturated heterocycles. The molecule has 0 N–H and O–H groups in total. The van der Waals surface area contributed by atoms with Gasteiger partial charge in [0.2, 0.25) is 11.7 Å². The lowest BCUT2D eigenvalue weighted by molar-refractivity contribution is 0.149. The largest absolute Gasteiger partial charge is 0.493 e. The number of anilines is 2. The van der Waals surface area contributed by atoms with Crippen molar-refractivity contribution in [2.24, 2.45) is 0 Å². The lowest BCUT2D eigenvalue weighted by Gasteiger charge is -2.24. The molecule has 0 radical (unpaired) electrons. The Morgan fingerprint density at radius 1 is 1.00 bits per heavy atom. The van der Waals surface area contributed by atoms with E-state index in [2.05, 4.69) is 4.98 Å². The van der Waals surface area contributed by atoms with Crippen molar-refractivity contribution in [1.82, 2.24) is 14.5 Å². The third-order valence-electron chi connectivity index (χ3n) is 5.31. The second-order valence-corrected chi connectivity index (χ2v) is 7.04. The number of hydrogen-bond acceptors (Lipinski definition) is 7. The van der Waals surface area contributed by atoms with Gasteiger partial charge in [-0.25, -0.2) is 14.7 Å². The van der Waals surface area contributed by atoms with Crippen LogP contribution in [0.2, 0.25) is 0 Å². The maximum atomic E-state index is 13.3. The third-order valence-corrected chi connectivity index (χ3v) is 5.31. The quantitative estimate of drug-likeness (QED) is 0.477. The number of para-hydroxylation sites is 1. The predicted molar refractivity (Wildman–Crippen MR) is 117 cm³/mol. The summed E-state index contributed by atoms with van der Waals surface area (Å²) in [6, 6.07) is 12.9. The van der Waals surface area contributed by atoms with E-state index >= 15 is 0 Å². The zero-order chi connectivity index (χ0) is 22.2. The fourth-order valence-electron chi connectivity index (χ4n) is 3.78. The number of carbonyl (C=O) groups is 1. The monoisotopic (exact) mass is 432 g/mol. The van der Waals surface area contributed by atoms with Crippen LogP contribution in [0.4, 0.5) is 16.4 Å². The van der Waals surface area contributed by atoms with E-state index in [1.807, 2.05) is 41.1 Å². The summed E-state index contributed by atoms with van der Waals surface area (Å²) in [5, 5.41) is 0.849. The number of rotatable bonds is 4. The smallest absolute Gasteiger partial charge is 0.421 e. The van der Waals surface area contributed by atoms with Crippen molar-refractivity contribution in [2.45, 2.75) is 6.61 Å². The summed E-state index contributed by atoms with van der Waals surface area (Å²) < 4.78 is 23.9. The van der Waals surface area contributed by atoms with Crippen molar-refractivity contribution in [3.05, 3.63) is 60.4 Å². The van der Waals surface area contributed by atoms with Crippen LogP contribution in [0.1, 0.15) is 5.56 Å². The van der Waals surface area contributed by atoms with Gasteiger partial charge in [0, 0.05) is 35.5 Å². The molecule has 0 spiro atoms. The van der Waals surface area contributed by atoms with Crippen LogP contribution in [0, 0.1) is 0 Å². The molecule has 2 bridgehead atoms. The van der Waals surface area contributed by atoms with Gasteiger partial charge in [0.15, 0.2) is 11.5 Å². The summed E-state index contributed by atoms with van der Waals surface area (Å²) in [7, 11) is 4.53. The Morgan fingerprint density at radius 2 is 1.75 bits per heavy atom. The van der Waals surface area contributed by atoms with Gasteiger partial charge in [-0.1, -0.05) is 18.2 Å². The van der Waals surface area contributed by atoms with Crippen LogP contribution in [0.3, 0.4) is 0 Å². The van der Waals surface area contributed by atoms with E-state index in [1.54, 1.807) is 18.3 Å². The van der Waals surface area contributed by atoms with Crippen LogP contribution >= 0.6 is 0 Å². The van der Waals surface area contributed by atoms with Crippen LogP contribution in [0.5, 0.6) is 17.2 Å². The molecule has 1 aliphatic rings. The van der Waals surface area contributed by atoms with Crippen molar-refractivity contribution >= 4 is 28.8 Å². The molecule has 1 aliphatic heterocycles. The van der Waals surface area contributed by atoms with Crippen LogP contribution in [-0.4, -0.2) is 42.0 Å². The Hall–Kier alpha value is -4.27. The van der Waals surface area contributed by atoms with Crippen molar-refractivity contribution in [3.63, 3.8) is 0 Å². The molecule has 32 heavy (non-hydrogen) atoms.